The lowest BCUT2D eigenvalue weighted by Gasteiger charge is -2.33. The number of nitrogens with two attached hydrogens (primary N) is 1. The fourth-order valence-corrected chi connectivity index (χ4v) is 4.04. The molecule has 0 radical (unpaired) electrons. The lowest BCUT2D eigenvalue weighted by Crippen LogP contribution is -2.42. The third-order valence-electron chi connectivity index (χ3n) is 4.77. The van der Waals surface area contributed by atoms with Crippen molar-refractivity contribution < 1.29 is 9.53 Å². The molecule has 2 aromatic rings. The van der Waals surface area contributed by atoms with Gasteiger partial charge in [-0.2, -0.15) is 0 Å². The van der Waals surface area contributed by atoms with Gasteiger partial charge < -0.3 is 15.4 Å². The molecule has 0 saturated carbocycles. The minimum atomic E-state index is 0.0235. The zero-order chi connectivity index (χ0) is 18.7. The Labute approximate surface area is 159 Å². The summed E-state index contributed by atoms with van der Waals surface area (Å²) in [4.78, 5) is 19.2. The maximum absolute atomic E-state index is 12.7. The summed E-state index contributed by atoms with van der Waals surface area (Å²) in [6, 6.07) is 8.05. The van der Waals surface area contributed by atoms with Crippen LogP contribution in [0.3, 0.4) is 0 Å². The van der Waals surface area contributed by atoms with Gasteiger partial charge in [-0.15, -0.1) is 11.3 Å². The number of amides is 1. The molecule has 26 heavy (non-hydrogen) atoms. The number of piperidine rings is 1. The SMILES string of the molecule is CC(C)Oc1ccc(-c2nc(C(=O)N3CCC(C(C)N)CC3)cs2)cc1. The van der Waals surface area contributed by atoms with E-state index in [1.54, 1.807) is 0 Å². The van der Waals surface area contributed by atoms with Gasteiger partial charge in [0.2, 0.25) is 0 Å². The van der Waals surface area contributed by atoms with Crippen molar-refractivity contribution in [2.75, 3.05) is 13.1 Å². The number of benzene rings is 1. The van der Waals surface area contributed by atoms with E-state index in [0.717, 1.165) is 42.3 Å². The maximum Gasteiger partial charge on any atom is 0.273 e. The van der Waals surface area contributed by atoms with Crippen LogP contribution in [0, 0.1) is 5.92 Å². The van der Waals surface area contributed by atoms with Crippen LogP contribution in [-0.4, -0.2) is 41.0 Å². The normalized spacial score (nSPS) is 16.7. The van der Waals surface area contributed by atoms with Crippen LogP contribution in [0.1, 0.15) is 44.1 Å². The molecular weight excluding hydrogens is 346 g/mol. The second-order valence-corrected chi connectivity index (χ2v) is 8.08. The Morgan fingerprint density at radius 3 is 2.46 bits per heavy atom. The van der Waals surface area contributed by atoms with Crippen molar-refractivity contribution >= 4 is 17.2 Å². The van der Waals surface area contributed by atoms with Crippen LogP contribution >= 0.6 is 11.3 Å². The minimum absolute atomic E-state index is 0.0235. The number of nitrogens with zero attached hydrogens (tertiary/aromatic N) is 2. The Kier molecular flexibility index (Phi) is 5.94. The van der Waals surface area contributed by atoms with Gasteiger partial charge in [0.15, 0.2) is 0 Å². The number of carbonyl (C=O) groups is 1. The molecule has 1 aliphatic rings. The minimum Gasteiger partial charge on any atom is -0.491 e. The largest absolute Gasteiger partial charge is 0.491 e. The molecule has 1 aliphatic heterocycles. The summed E-state index contributed by atoms with van der Waals surface area (Å²) in [7, 11) is 0. The molecule has 3 rings (SSSR count). The number of hydrogen-bond donors (Lipinski definition) is 1. The van der Waals surface area contributed by atoms with E-state index in [1.165, 1.54) is 11.3 Å². The monoisotopic (exact) mass is 373 g/mol. The molecule has 0 bridgehead atoms. The van der Waals surface area contributed by atoms with Gasteiger partial charge in [-0.3, -0.25) is 4.79 Å². The van der Waals surface area contributed by atoms with E-state index in [-0.39, 0.29) is 18.1 Å². The molecule has 1 atom stereocenters. The summed E-state index contributed by atoms with van der Waals surface area (Å²) in [6.07, 6.45) is 2.09. The smallest absolute Gasteiger partial charge is 0.273 e. The summed E-state index contributed by atoms with van der Waals surface area (Å²) < 4.78 is 5.67. The van der Waals surface area contributed by atoms with Crippen molar-refractivity contribution in [3.8, 4) is 16.3 Å². The number of ether oxygens (including phenoxy) is 1. The molecule has 0 aliphatic carbocycles. The highest BCUT2D eigenvalue weighted by Crippen LogP contribution is 2.27. The third kappa shape index (κ3) is 4.43. The van der Waals surface area contributed by atoms with Crippen molar-refractivity contribution in [1.82, 2.24) is 9.88 Å². The van der Waals surface area contributed by atoms with Gasteiger partial charge in [-0.25, -0.2) is 4.98 Å². The molecule has 2 heterocycles. The number of rotatable bonds is 5. The Morgan fingerprint density at radius 2 is 1.88 bits per heavy atom. The van der Waals surface area contributed by atoms with Gasteiger partial charge in [0, 0.05) is 30.1 Å². The molecule has 1 saturated heterocycles. The number of hydrogen-bond acceptors (Lipinski definition) is 5. The van der Waals surface area contributed by atoms with Crippen molar-refractivity contribution in [1.29, 1.82) is 0 Å². The van der Waals surface area contributed by atoms with E-state index in [2.05, 4.69) is 4.98 Å². The first kappa shape index (κ1) is 18.9. The van der Waals surface area contributed by atoms with Crippen LogP contribution in [0.2, 0.25) is 0 Å². The quantitative estimate of drug-likeness (QED) is 0.866. The average molecular weight is 374 g/mol. The van der Waals surface area contributed by atoms with Crippen LogP contribution in [0.15, 0.2) is 29.6 Å². The van der Waals surface area contributed by atoms with Crippen molar-refractivity contribution in [3.63, 3.8) is 0 Å². The summed E-state index contributed by atoms with van der Waals surface area (Å²) in [5, 5.41) is 2.71. The second kappa shape index (κ2) is 8.18. The van der Waals surface area contributed by atoms with Crippen LogP contribution < -0.4 is 10.5 Å². The lowest BCUT2D eigenvalue weighted by atomic mass is 9.91. The van der Waals surface area contributed by atoms with Gasteiger partial charge >= 0.3 is 0 Å². The van der Waals surface area contributed by atoms with Crippen molar-refractivity contribution in [3.05, 3.63) is 35.3 Å². The first-order valence-electron chi connectivity index (χ1n) is 9.21. The fourth-order valence-electron chi connectivity index (χ4n) is 3.24. The summed E-state index contributed by atoms with van der Waals surface area (Å²) >= 11 is 1.50. The summed E-state index contributed by atoms with van der Waals surface area (Å²) in [5.41, 5.74) is 7.52. The van der Waals surface area contributed by atoms with Gasteiger partial charge in [0.1, 0.15) is 16.5 Å². The molecule has 1 fully saturated rings. The zero-order valence-corrected chi connectivity index (χ0v) is 16.5. The number of thiazole rings is 1. The van der Waals surface area contributed by atoms with E-state index >= 15 is 0 Å². The van der Waals surface area contributed by atoms with Crippen LogP contribution in [0.5, 0.6) is 5.75 Å². The summed E-state index contributed by atoms with van der Waals surface area (Å²) in [5.74, 6) is 1.38. The Morgan fingerprint density at radius 1 is 1.23 bits per heavy atom. The van der Waals surface area contributed by atoms with E-state index in [0.29, 0.717) is 11.6 Å². The third-order valence-corrected chi connectivity index (χ3v) is 5.66. The molecule has 0 spiro atoms. The number of carbonyl (C=O) groups excluding carboxylic acids is 1. The Bertz CT molecular complexity index is 732. The first-order valence-corrected chi connectivity index (χ1v) is 10.1. The van der Waals surface area contributed by atoms with Crippen LogP contribution in [0.4, 0.5) is 0 Å². The molecule has 1 aromatic carbocycles. The molecule has 140 valence electrons. The molecule has 5 nitrogen and oxygen atoms in total. The highest BCUT2D eigenvalue weighted by molar-refractivity contribution is 7.13. The number of aromatic nitrogens is 1. The Balaban J connectivity index is 1.65. The first-order chi connectivity index (χ1) is 12.4. The molecule has 6 heteroatoms. The van der Waals surface area contributed by atoms with E-state index < -0.39 is 0 Å². The average Bonchev–Trinajstić information content (AvgIpc) is 3.11. The fraction of sp³-hybridized carbons (Fsp3) is 0.500. The van der Waals surface area contributed by atoms with Gasteiger partial charge in [0.25, 0.3) is 5.91 Å². The van der Waals surface area contributed by atoms with Crippen molar-refractivity contribution in [2.45, 2.75) is 45.8 Å². The predicted octanol–water partition coefficient (Wildman–Crippen LogP) is 3.80. The highest BCUT2D eigenvalue weighted by atomic mass is 32.1. The highest BCUT2D eigenvalue weighted by Gasteiger charge is 2.26. The molecule has 1 amide bonds. The maximum atomic E-state index is 12.7. The lowest BCUT2D eigenvalue weighted by molar-refractivity contribution is 0.0676. The van der Waals surface area contributed by atoms with Gasteiger partial charge in [-0.05, 0) is 63.8 Å². The zero-order valence-electron chi connectivity index (χ0n) is 15.6. The second-order valence-electron chi connectivity index (χ2n) is 7.22. The van der Waals surface area contributed by atoms with Crippen LogP contribution in [-0.2, 0) is 0 Å². The topological polar surface area (TPSA) is 68.5 Å². The molecule has 2 N–H and O–H groups in total. The summed E-state index contributed by atoms with van der Waals surface area (Å²) in [6.45, 7) is 7.58. The Hall–Kier alpha value is -1.92. The molecular formula is C20H27N3O2S. The van der Waals surface area contributed by atoms with E-state index in [1.807, 2.05) is 55.3 Å². The van der Waals surface area contributed by atoms with Crippen LogP contribution in [0.25, 0.3) is 10.6 Å². The van der Waals surface area contributed by atoms with Crippen molar-refractivity contribution in [2.24, 2.45) is 11.7 Å². The number of likely N-dealkylation sites (tertiary alicyclic amines) is 1. The molecule has 1 unspecified atom stereocenters. The molecule has 1 aromatic heterocycles. The van der Waals surface area contributed by atoms with Gasteiger partial charge in [-0.1, -0.05) is 0 Å². The predicted molar refractivity (Wildman–Crippen MR) is 106 cm³/mol. The van der Waals surface area contributed by atoms with E-state index in [4.69, 9.17) is 10.5 Å². The van der Waals surface area contributed by atoms with E-state index in [9.17, 15) is 4.79 Å². The van der Waals surface area contributed by atoms with Gasteiger partial charge in [0.05, 0.1) is 6.10 Å². The standard InChI is InChI=1S/C20H27N3O2S/c1-13(2)25-17-6-4-16(5-7-17)19-22-18(12-26-19)20(24)23-10-8-15(9-11-23)14(3)21/h4-7,12-15H,8-11,21H2,1-3H3.